The second-order valence-electron chi connectivity index (χ2n) is 3.96. The number of hydrogen-bond acceptors (Lipinski definition) is 3. The Morgan fingerprint density at radius 2 is 2.20 bits per heavy atom. The molecule has 86 valence electrons. The van der Waals surface area contributed by atoms with E-state index in [0.717, 1.165) is 0 Å². The highest BCUT2D eigenvalue weighted by Gasteiger charge is 2.68. The molecule has 0 aromatic carbocycles. The van der Waals surface area contributed by atoms with Crippen molar-refractivity contribution in [3.05, 3.63) is 0 Å². The normalized spacial score (nSPS) is 38.7. The van der Waals surface area contributed by atoms with Crippen molar-refractivity contribution in [3.63, 3.8) is 0 Å². The highest BCUT2D eigenvalue weighted by molar-refractivity contribution is 5.76. The van der Waals surface area contributed by atoms with Gasteiger partial charge in [-0.25, -0.2) is 0 Å². The maximum atomic E-state index is 12.3. The summed E-state index contributed by atoms with van der Waals surface area (Å²) < 4.78 is 41.6. The third-order valence-electron chi connectivity index (χ3n) is 3.02. The molecule has 0 unspecified atom stereocenters. The van der Waals surface area contributed by atoms with Crippen LogP contribution in [0.3, 0.4) is 0 Å². The topological polar surface area (TPSA) is 38.3 Å². The Morgan fingerprint density at radius 3 is 2.60 bits per heavy atom. The lowest BCUT2D eigenvalue weighted by Crippen LogP contribution is -2.38. The summed E-state index contributed by atoms with van der Waals surface area (Å²) in [6.45, 7) is 1.93. The van der Waals surface area contributed by atoms with Crippen molar-refractivity contribution in [2.75, 3.05) is 6.61 Å². The van der Waals surface area contributed by atoms with E-state index >= 15 is 0 Å². The maximum Gasteiger partial charge on any atom is 0.393 e. The van der Waals surface area contributed by atoms with Crippen LogP contribution in [-0.2, 0) is 9.53 Å². The van der Waals surface area contributed by atoms with E-state index < -0.39 is 36.1 Å². The summed E-state index contributed by atoms with van der Waals surface area (Å²) in [7, 11) is 0. The molecular weight excluding hydrogens is 211 g/mol. The number of rotatable bonds is 2. The van der Waals surface area contributed by atoms with Gasteiger partial charge in [0.05, 0.1) is 12.5 Å². The number of carbonyl (C=O) groups excluding carboxylic acids is 1. The van der Waals surface area contributed by atoms with Crippen LogP contribution in [0.4, 0.5) is 13.2 Å². The molecule has 2 rings (SSSR count). The van der Waals surface area contributed by atoms with E-state index in [0.29, 0.717) is 0 Å². The molecule has 2 fully saturated rings. The van der Waals surface area contributed by atoms with Crippen LogP contribution in [0.1, 0.15) is 13.3 Å². The van der Waals surface area contributed by atoms with E-state index in [4.69, 9.17) is 4.74 Å². The van der Waals surface area contributed by atoms with Crippen LogP contribution in [0.5, 0.6) is 0 Å². The summed E-state index contributed by atoms with van der Waals surface area (Å²) in [4.78, 5) is 11.2. The van der Waals surface area contributed by atoms with Crippen molar-refractivity contribution in [1.29, 1.82) is 0 Å². The average molecular weight is 223 g/mol. The first-order chi connectivity index (χ1) is 6.95. The fraction of sp³-hybridized carbons (Fsp3) is 0.889. The molecule has 1 N–H and O–H groups in total. The van der Waals surface area contributed by atoms with Gasteiger partial charge in [-0.1, -0.05) is 0 Å². The highest BCUT2D eigenvalue weighted by atomic mass is 19.4. The molecule has 3 nitrogen and oxygen atoms in total. The minimum atomic E-state index is -4.14. The summed E-state index contributed by atoms with van der Waals surface area (Å²) in [5.41, 5.74) is 0. The quantitative estimate of drug-likeness (QED) is 0.712. The van der Waals surface area contributed by atoms with Gasteiger partial charge in [-0.2, -0.15) is 13.2 Å². The van der Waals surface area contributed by atoms with Gasteiger partial charge in [-0.15, -0.1) is 0 Å². The second kappa shape index (κ2) is 3.37. The highest BCUT2D eigenvalue weighted by Crippen LogP contribution is 2.55. The van der Waals surface area contributed by atoms with E-state index in [1.165, 1.54) is 0 Å². The number of hydrogen-bond donors (Lipinski definition) is 1. The molecule has 0 aromatic heterocycles. The van der Waals surface area contributed by atoms with Crippen LogP contribution >= 0.6 is 0 Å². The first kappa shape index (κ1) is 10.7. The van der Waals surface area contributed by atoms with Gasteiger partial charge in [-0.05, 0) is 19.3 Å². The summed E-state index contributed by atoms with van der Waals surface area (Å²) >= 11 is 0. The molecule has 1 saturated heterocycles. The van der Waals surface area contributed by atoms with Gasteiger partial charge in [0.2, 0.25) is 0 Å². The molecule has 2 aliphatic rings. The summed E-state index contributed by atoms with van der Waals surface area (Å²) in [5, 5.41) is 2.67. The van der Waals surface area contributed by atoms with Gasteiger partial charge in [0.1, 0.15) is 6.04 Å². The number of piperidine rings is 1. The summed E-state index contributed by atoms with van der Waals surface area (Å²) in [6.07, 6.45) is -3.89. The van der Waals surface area contributed by atoms with Crippen LogP contribution in [0, 0.1) is 11.8 Å². The van der Waals surface area contributed by atoms with Crippen molar-refractivity contribution in [2.24, 2.45) is 11.8 Å². The van der Waals surface area contributed by atoms with Crippen LogP contribution in [0.2, 0.25) is 0 Å². The van der Waals surface area contributed by atoms with E-state index in [-0.39, 0.29) is 13.0 Å². The molecule has 0 spiro atoms. The van der Waals surface area contributed by atoms with Gasteiger partial charge < -0.3 is 10.1 Å². The van der Waals surface area contributed by atoms with Gasteiger partial charge in [-0.3, -0.25) is 4.79 Å². The van der Waals surface area contributed by atoms with E-state index in [2.05, 4.69) is 5.32 Å². The third-order valence-corrected chi connectivity index (χ3v) is 3.02. The van der Waals surface area contributed by atoms with Crippen LogP contribution in [-0.4, -0.2) is 30.8 Å². The fourth-order valence-corrected chi connectivity index (χ4v) is 2.32. The lowest BCUT2D eigenvalue weighted by Gasteiger charge is -2.15. The third kappa shape index (κ3) is 1.82. The molecular formula is C9H12F3NO2. The number of fused-ring (bicyclic) bond motifs is 1. The number of ether oxygens (including phenoxy) is 1. The number of carbonyl (C=O) groups is 1. The molecule has 0 aromatic rings. The predicted octanol–water partition coefficient (Wildman–Crippen LogP) is 1.09. The van der Waals surface area contributed by atoms with Crippen LogP contribution < -0.4 is 5.32 Å². The average Bonchev–Trinajstić information content (AvgIpc) is 2.64. The standard InChI is InChI=1S/C9H12F3NO2/c1-2-15-8(14)5-3-4-6(7(4)13-5)9(10,11)12/h4-7,13H,2-3H2,1H3/t4-,5+,6-,7-/m1/s1. The Hall–Kier alpha value is -0.780. The van der Waals surface area contributed by atoms with Gasteiger partial charge >= 0.3 is 12.1 Å². The molecule has 6 heteroatoms. The summed E-state index contributed by atoms with van der Waals surface area (Å²) in [6, 6.07) is -1.11. The molecule has 0 amide bonds. The van der Waals surface area contributed by atoms with Gasteiger partial charge in [0.15, 0.2) is 0 Å². The number of halogens is 3. The first-order valence-corrected chi connectivity index (χ1v) is 4.94. The molecule has 1 aliphatic carbocycles. The monoisotopic (exact) mass is 223 g/mol. The Bertz CT molecular complexity index is 267. The zero-order chi connectivity index (χ0) is 11.2. The molecule has 0 bridgehead atoms. The van der Waals surface area contributed by atoms with E-state index in [9.17, 15) is 18.0 Å². The SMILES string of the molecule is CCOC(=O)[C@@H]1C[C@H]2[C@@H](N1)[C@@H]2C(F)(F)F. The molecule has 1 saturated carbocycles. The van der Waals surface area contributed by atoms with Gasteiger partial charge in [0.25, 0.3) is 0 Å². The minimum Gasteiger partial charge on any atom is -0.465 e. The van der Waals surface area contributed by atoms with Crippen molar-refractivity contribution in [1.82, 2.24) is 5.32 Å². The minimum absolute atomic E-state index is 0.244. The largest absolute Gasteiger partial charge is 0.465 e. The van der Waals surface area contributed by atoms with Crippen molar-refractivity contribution in [2.45, 2.75) is 31.6 Å². The number of nitrogens with one attached hydrogen (secondary N) is 1. The number of alkyl halides is 3. The lowest BCUT2D eigenvalue weighted by atomic mass is 10.1. The molecule has 0 radical (unpaired) electrons. The van der Waals surface area contributed by atoms with Crippen LogP contribution in [0.25, 0.3) is 0 Å². The zero-order valence-corrected chi connectivity index (χ0v) is 8.17. The summed E-state index contributed by atoms with van der Waals surface area (Å²) in [5.74, 6) is -2.13. The van der Waals surface area contributed by atoms with Crippen molar-refractivity contribution >= 4 is 5.97 Å². The molecule has 15 heavy (non-hydrogen) atoms. The van der Waals surface area contributed by atoms with Crippen molar-refractivity contribution in [3.8, 4) is 0 Å². The smallest absolute Gasteiger partial charge is 0.393 e. The predicted molar refractivity (Wildman–Crippen MR) is 45.0 cm³/mol. The zero-order valence-electron chi connectivity index (χ0n) is 8.17. The molecule has 1 heterocycles. The van der Waals surface area contributed by atoms with Gasteiger partial charge in [0, 0.05) is 6.04 Å². The second-order valence-corrected chi connectivity index (χ2v) is 3.96. The lowest BCUT2D eigenvalue weighted by molar-refractivity contribution is -0.158. The Kier molecular flexibility index (Phi) is 2.41. The first-order valence-electron chi connectivity index (χ1n) is 4.94. The maximum absolute atomic E-state index is 12.3. The fourth-order valence-electron chi connectivity index (χ4n) is 2.32. The molecule has 1 aliphatic heterocycles. The van der Waals surface area contributed by atoms with E-state index in [1.807, 2.05) is 0 Å². The Morgan fingerprint density at radius 1 is 1.53 bits per heavy atom. The molecule has 4 atom stereocenters. The Labute approximate surface area is 85.0 Å². The van der Waals surface area contributed by atoms with Crippen LogP contribution in [0.15, 0.2) is 0 Å². The van der Waals surface area contributed by atoms with E-state index in [1.54, 1.807) is 6.92 Å². The Balaban J connectivity index is 1.85. The van der Waals surface area contributed by atoms with Crippen molar-refractivity contribution < 1.29 is 22.7 Å². The number of esters is 1.